The van der Waals surface area contributed by atoms with Crippen molar-refractivity contribution in [1.82, 2.24) is 9.55 Å². The fraction of sp³-hybridized carbons (Fsp3) is 0.208. The molecule has 0 spiro atoms. The average Bonchev–Trinajstić information content (AvgIpc) is 3.37. The van der Waals surface area contributed by atoms with Crippen LogP contribution in [0.15, 0.2) is 65.5 Å². The third-order valence-corrected chi connectivity index (χ3v) is 5.94. The maximum absolute atomic E-state index is 13.4. The number of aliphatic imine (C=N–C) groups is 1. The Hall–Kier alpha value is -3.46. The van der Waals surface area contributed by atoms with E-state index in [9.17, 15) is 13.6 Å². The van der Waals surface area contributed by atoms with Gasteiger partial charge in [-0.25, -0.2) is 9.98 Å². The second kappa shape index (κ2) is 9.58. The number of aryl methyl sites for hydroxylation is 2. The van der Waals surface area contributed by atoms with Crippen molar-refractivity contribution < 1.29 is 18.3 Å². The van der Waals surface area contributed by atoms with Crippen molar-refractivity contribution >= 4 is 34.6 Å². The molecule has 0 unspecified atom stereocenters. The predicted molar refractivity (Wildman–Crippen MR) is 127 cm³/mol. The first kappa shape index (κ1) is 22.7. The minimum atomic E-state index is -2.68. The Kier molecular flexibility index (Phi) is 6.60. The molecule has 6 nitrogen and oxygen atoms in total. The molecule has 4 rings (SSSR count). The van der Waals surface area contributed by atoms with Crippen LogP contribution in [0.5, 0.6) is 5.75 Å². The van der Waals surface area contributed by atoms with Crippen LogP contribution in [-0.2, 0) is 10.5 Å². The first-order valence-electron chi connectivity index (χ1n) is 10.2. The summed E-state index contributed by atoms with van der Waals surface area (Å²) in [5, 5.41) is 0.411. The summed E-state index contributed by atoms with van der Waals surface area (Å²) in [7, 11) is 1.59. The van der Waals surface area contributed by atoms with Crippen LogP contribution < -0.4 is 9.64 Å². The Morgan fingerprint density at radius 2 is 1.82 bits per heavy atom. The van der Waals surface area contributed by atoms with Crippen LogP contribution in [0, 0.1) is 13.8 Å². The van der Waals surface area contributed by atoms with Gasteiger partial charge in [0.25, 0.3) is 5.91 Å². The van der Waals surface area contributed by atoms with Gasteiger partial charge in [-0.05, 0) is 60.9 Å². The molecule has 2 heterocycles. The number of hydrogen-bond acceptors (Lipinski definition) is 5. The van der Waals surface area contributed by atoms with E-state index in [1.54, 1.807) is 25.3 Å². The van der Waals surface area contributed by atoms with Crippen molar-refractivity contribution in [2.24, 2.45) is 4.99 Å². The summed E-state index contributed by atoms with van der Waals surface area (Å²) < 4.78 is 32.4. The van der Waals surface area contributed by atoms with Gasteiger partial charge in [0, 0.05) is 12.4 Å². The highest BCUT2D eigenvalue weighted by Gasteiger charge is 2.32. The number of methoxy groups -OCH3 is 1. The van der Waals surface area contributed by atoms with Crippen molar-refractivity contribution in [2.45, 2.75) is 26.1 Å². The van der Waals surface area contributed by atoms with Gasteiger partial charge >= 0.3 is 6.55 Å². The number of alkyl halides is 2. The van der Waals surface area contributed by atoms with Gasteiger partial charge in [0.2, 0.25) is 0 Å². The summed E-state index contributed by atoms with van der Waals surface area (Å²) in [5.41, 5.74) is 3.74. The molecule has 0 aliphatic carbocycles. The molecule has 2 aromatic carbocycles. The lowest BCUT2D eigenvalue weighted by Crippen LogP contribution is -2.30. The highest BCUT2D eigenvalue weighted by atomic mass is 32.2. The summed E-state index contributed by atoms with van der Waals surface area (Å²) in [6.07, 6.45) is 4.27. The van der Waals surface area contributed by atoms with E-state index in [2.05, 4.69) is 9.98 Å². The number of hydrogen-bond donors (Lipinski definition) is 0. The van der Waals surface area contributed by atoms with Gasteiger partial charge < -0.3 is 4.74 Å². The van der Waals surface area contributed by atoms with Crippen LogP contribution in [0.4, 0.5) is 14.5 Å². The standard InChI is InChI=1S/C24H22F2N4O2S/c1-15-10-16(2)12-18(11-15)30-22(31)20(13-17-4-6-19(32-3)7-5-17)28-24(30)33-14-21-27-8-9-29(21)23(25)26/h4-13,23H,14H2,1-3H3/b20-13-. The van der Waals surface area contributed by atoms with Crippen LogP contribution in [0.3, 0.4) is 0 Å². The minimum absolute atomic E-state index is 0.139. The van der Waals surface area contributed by atoms with Gasteiger partial charge in [0.05, 0.1) is 18.6 Å². The lowest BCUT2D eigenvalue weighted by atomic mass is 10.1. The molecule has 1 aromatic heterocycles. The number of aromatic nitrogens is 2. The monoisotopic (exact) mass is 468 g/mol. The number of benzene rings is 2. The number of carbonyl (C=O) groups excluding carboxylic acids is 1. The Morgan fingerprint density at radius 3 is 2.45 bits per heavy atom. The van der Waals surface area contributed by atoms with E-state index >= 15 is 0 Å². The van der Waals surface area contributed by atoms with E-state index in [1.165, 1.54) is 29.1 Å². The van der Waals surface area contributed by atoms with Gasteiger partial charge in [-0.2, -0.15) is 8.78 Å². The smallest absolute Gasteiger partial charge is 0.319 e. The molecule has 0 saturated carbocycles. The van der Waals surface area contributed by atoms with Gasteiger partial charge in [0.1, 0.15) is 17.3 Å². The molecule has 33 heavy (non-hydrogen) atoms. The maximum atomic E-state index is 13.4. The third-order valence-electron chi connectivity index (χ3n) is 5.00. The Bertz CT molecular complexity index is 1220. The van der Waals surface area contributed by atoms with Crippen molar-refractivity contribution in [3.8, 4) is 5.75 Å². The number of carbonyl (C=O) groups is 1. The van der Waals surface area contributed by atoms with Crippen molar-refractivity contribution in [3.05, 3.63) is 83.1 Å². The SMILES string of the molecule is COc1ccc(/C=C2\N=C(SCc3nccn3C(F)F)N(c3cc(C)cc(C)c3)C2=O)cc1. The molecular formula is C24H22F2N4O2S. The zero-order chi connectivity index (χ0) is 23.5. The van der Waals surface area contributed by atoms with E-state index in [0.717, 1.165) is 21.3 Å². The predicted octanol–water partition coefficient (Wildman–Crippen LogP) is 5.58. The summed E-state index contributed by atoms with van der Waals surface area (Å²) in [6, 6.07) is 13.1. The minimum Gasteiger partial charge on any atom is -0.497 e. The number of rotatable bonds is 6. The zero-order valence-corrected chi connectivity index (χ0v) is 19.1. The quantitative estimate of drug-likeness (QED) is 0.443. The topological polar surface area (TPSA) is 59.7 Å². The first-order valence-corrected chi connectivity index (χ1v) is 11.1. The van der Waals surface area contributed by atoms with Gasteiger partial charge in [-0.15, -0.1) is 0 Å². The van der Waals surface area contributed by atoms with E-state index < -0.39 is 6.55 Å². The number of amides is 1. The molecule has 0 fully saturated rings. The molecule has 0 radical (unpaired) electrons. The van der Waals surface area contributed by atoms with E-state index in [0.29, 0.717) is 16.6 Å². The molecule has 1 amide bonds. The van der Waals surface area contributed by atoms with E-state index in [4.69, 9.17) is 4.74 Å². The Balaban J connectivity index is 1.68. The molecule has 1 aliphatic rings. The molecule has 3 aromatic rings. The molecule has 0 N–H and O–H groups in total. The number of anilines is 1. The Morgan fingerprint density at radius 1 is 1.12 bits per heavy atom. The summed E-state index contributed by atoms with van der Waals surface area (Å²) >= 11 is 1.19. The zero-order valence-electron chi connectivity index (χ0n) is 18.3. The second-order valence-corrected chi connectivity index (χ2v) is 8.44. The van der Waals surface area contributed by atoms with Crippen LogP contribution in [0.1, 0.15) is 29.1 Å². The highest BCUT2D eigenvalue weighted by molar-refractivity contribution is 8.13. The Labute approximate surface area is 194 Å². The number of thioether (sulfide) groups is 1. The number of imidazole rings is 1. The largest absolute Gasteiger partial charge is 0.497 e. The molecule has 9 heteroatoms. The van der Waals surface area contributed by atoms with Gasteiger partial charge in [-0.3, -0.25) is 14.3 Å². The second-order valence-electron chi connectivity index (χ2n) is 7.50. The van der Waals surface area contributed by atoms with Crippen LogP contribution in [0.25, 0.3) is 6.08 Å². The normalized spacial score (nSPS) is 15.0. The molecule has 170 valence electrons. The number of ether oxygens (including phenoxy) is 1. The van der Waals surface area contributed by atoms with Gasteiger partial charge in [0.15, 0.2) is 5.17 Å². The van der Waals surface area contributed by atoms with Crippen molar-refractivity contribution in [1.29, 1.82) is 0 Å². The van der Waals surface area contributed by atoms with Crippen LogP contribution in [-0.4, -0.2) is 27.7 Å². The van der Waals surface area contributed by atoms with E-state index in [-0.39, 0.29) is 23.2 Å². The first-order chi connectivity index (χ1) is 15.9. The highest BCUT2D eigenvalue weighted by Crippen LogP contribution is 2.32. The molecule has 0 bridgehead atoms. The molecule has 0 atom stereocenters. The lowest BCUT2D eigenvalue weighted by Gasteiger charge is -2.19. The summed E-state index contributed by atoms with van der Waals surface area (Å²) in [4.78, 5) is 23.5. The average molecular weight is 469 g/mol. The van der Waals surface area contributed by atoms with Crippen LogP contribution in [0.2, 0.25) is 0 Å². The summed E-state index contributed by atoms with van der Waals surface area (Å²) in [6.45, 7) is 1.22. The summed E-state index contributed by atoms with van der Waals surface area (Å²) in [5.74, 6) is 0.773. The fourth-order valence-corrected chi connectivity index (χ4v) is 4.48. The third kappa shape index (κ3) is 4.98. The molecule has 0 saturated heterocycles. The molecular weight excluding hydrogens is 446 g/mol. The van der Waals surface area contributed by atoms with Crippen molar-refractivity contribution in [2.75, 3.05) is 12.0 Å². The van der Waals surface area contributed by atoms with E-state index in [1.807, 2.05) is 44.2 Å². The maximum Gasteiger partial charge on any atom is 0.319 e. The number of halogens is 2. The fourth-order valence-electron chi connectivity index (χ4n) is 3.52. The number of amidine groups is 1. The number of nitrogens with zero attached hydrogens (tertiary/aromatic N) is 4. The van der Waals surface area contributed by atoms with Gasteiger partial charge in [-0.1, -0.05) is 30.0 Å². The van der Waals surface area contributed by atoms with Crippen molar-refractivity contribution in [3.63, 3.8) is 0 Å². The molecule has 1 aliphatic heterocycles. The lowest BCUT2D eigenvalue weighted by molar-refractivity contribution is -0.113. The van der Waals surface area contributed by atoms with Crippen LogP contribution >= 0.6 is 11.8 Å².